The number of sulfonamides is 1. The van der Waals surface area contributed by atoms with Gasteiger partial charge in [-0.2, -0.15) is 0 Å². The van der Waals surface area contributed by atoms with Gasteiger partial charge in [-0.1, -0.05) is 13.3 Å². The zero-order valence-electron chi connectivity index (χ0n) is 17.0. The van der Waals surface area contributed by atoms with E-state index in [9.17, 15) is 13.2 Å². The van der Waals surface area contributed by atoms with Crippen molar-refractivity contribution in [3.05, 3.63) is 53.9 Å². The van der Waals surface area contributed by atoms with Crippen molar-refractivity contribution in [2.24, 2.45) is 5.14 Å². The summed E-state index contributed by atoms with van der Waals surface area (Å²) in [6.45, 7) is 5.15. The molecular formula is C21H25N3O5S. The van der Waals surface area contributed by atoms with E-state index in [1.807, 2.05) is 11.5 Å². The van der Waals surface area contributed by atoms with Gasteiger partial charge in [-0.05, 0) is 55.8 Å². The Hall–Kier alpha value is -2.91. The topological polar surface area (TPSA) is 114 Å². The molecule has 0 bridgehead atoms. The number of primary sulfonamides is 1. The zero-order chi connectivity index (χ0) is 21.7. The second-order valence-electron chi connectivity index (χ2n) is 6.76. The number of esters is 1. The molecule has 2 N–H and O–H groups in total. The third-order valence-electron chi connectivity index (χ3n) is 4.60. The fourth-order valence-electron chi connectivity index (χ4n) is 3.08. The molecule has 3 rings (SSSR count). The Balaban J connectivity index is 1.83. The summed E-state index contributed by atoms with van der Waals surface area (Å²) in [5.74, 6) is 0.753. The lowest BCUT2D eigenvalue weighted by molar-refractivity contribution is 0.0458. The highest BCUT2D eigenvalue weighted by atomic mass is 32.2. The average molecular weight is 432 g/mol. The fourth-order valence-corrected chi connectivity index (χ4v) is 3.61. The standard InChI is InChI=1S/C21H25N3O5S/c1-3-5-12-24-19-11-10-17(30(22,26)27)13-18(19)23-20(24)14-29-21(25)15-6-8-16(9-7-15)28-4-2/h6-11,13H,3-5,12,14H2,1-2H3,(H2,22,26,27). The number of nitrogens with zero attached hydrogens (tertiary/aromatic N) is 2. The quantitative estimate of drug-likeness (QED) is 0.520. The van der Waals surface area contributed by atoms with Crippen molar-refractivity contribution in [2.75, 3.05) is 6.61 Å². The van der Waals surface area contributed by atoms with Gasteiger partial charge in [0.25, 0.3) is 0 Å². The SMILES string of the molecule is CCCCn1c(COC(=O)c2ccc(OCC)cc2)nc2cc(S(N)(=O)=O)ccc21. The minimum absolute atomic E-state index is 0.00641. The second-order valence-corrected chi connectivity index (χ2v) is 8.32. The number of unbranched alkanes of at least 4 members (excludes halogenated alkanes) is 1. The van der Waals surface area contributed by atoms with Crippen LogP contribution in [0.4, 0.5) is 0 Å². The van der Waals surface area contributed by atoms with Gasteiger partial charge in [-0.25, -0.2) is 23.3 Å². The molecule has 0 aliphatic heterocycles. The van der Waals surface area contributed by atoms with Gasteiger partial charge in [0.15, 0.2) is 0 Å². The predicted molar refractivity (Wildman–Crippen MR) is 113 cm³/mol. The lowest BCUT2D eigenvalue weighted by atomic mass is 10.2. The highest BCUT2D eigenvalue weighted by molar-refractivity contribution is 7.89. The first kappa shape index (κ1) is 21.8. The van der Waals surface area contributed by atoms with Crippen LogP contribution in [0, 0.1) is 0 Å². The molecule has 0 aliphatic rings. The summed E-state index contributed by atoms with van der Waals surface area (Å²) in [6, 6.07) is 11.3. The molecule has 30 heavy (non-hydrogen) atoms. The van der Waals surface area contributed by atoms with Crippen LogP contribution in [-0.4, -0.2) is 30.5 Å². The van der Waals surface area contributed by atoms with Crippen LogP contribution in [0.5, 0.6) is 5.75 Å². The number of aryl methyl sites for hydroxylation is 1. The summed E-state index contributed by atoms with van der Waals surface area (Å²) in [6.07, 6.45) is 1.88. The Kier molecular flexibility index (Phi) is 6.73. The molecule has 1 heterocycles. The van der Waals surface area contributed by atoms with Crippen molar-refractivity contribution >= 4 is 27.0 Å². The van der Waals surface area contributed by atoms with E-state index in [2.05, 4.69) is 11.9 Å². The molecule has 0 unspecified atom stereocenters. The van der Waals surface area contributed by atoms with Crippen LogP contribution in [0.25, 0.3) is 11.0 Å². The van der Waals surface area contributed by atoms with E-state index in [4.69, 9.17) is 14.6 Å². The maximum atomic E-state index is 12.4. The maximum absolute atomic E-state index is 12.4. The van der Waals surface area contributed by atoms with Gasteiger partial charge >= 0.3 is 5.97 Å². The van der Waals surface area contributed by atoms with Crippen molar-refractivity contribution in [3.8, 4) is 5.75 Å². The van der Waals surface area contributed by atoms with E-state index >= 15 is 0 Å². The van der Waals surface area contributed by atoms with Crippen LogP contribution in [0.15, 0.2) is 47.4 Å². The number of nitrogens with two attached hydrogens (primary N) is 1. The number of ether oxygens (including phenoxy) is 2. The highest BCUT2D eigenvalue weighted by Crippen LogP contribution is 2.22. The Morgan fingerprint density at radius 3 is 2.50 bits per heavy atom. The molecule has 0 saturated heterocycles. The third kappa shape index (κ3) is 4.98. The monoisotopic (exact) mass is 431 g/mol. The number of benzene rings is 2. The van der Waals surface area contributed by atoms with E-state index in [0.29, 0.717) is 35.8 Å². The molecule has 9 heteroatoms. The summed E-state index contributed by atoms with van der Waals surface area (Å²) in [7, 11) is -3.83. The average Bonchev–Trinajstić information content (AvgIpc) is 3.07. The van der Waals surface area contributed by atoms with E-state index in [0.717, 1.165) is 18.4 Å². The zero-order valence-corrected chi connectivity index (χ0v) is 17.8. The molecule has 0 atom stereocenters. The van der Waals surface area contributed by atoms with Crippen molar-refractivity contribution in [1.29, 1.82) is 0 Å². The molecule has 0 fully saturated rings. The molecule has 0 aliphatic carbocycles. The normalized spacial score (nSPS) is 11.6. The van der Waals surface area contributed by atoms with Crippen LogP contribution in [0.3, 0.4) is 0 Å². The lowest BCUT2D eigenvalue weighted by Gasteiger charge is -2.10. The van der Waals surface area contributed by atoms with Gasteiger partial charge < -0.3 is 14.0 Å². The molecule has 1 aromatic heterocycles. The number of hydrogen-bond donors (Lipinski definition) is 1. The van der Waals surface area contributed by atoms with Gasteiger partial charge in [-0.3, -0.25) is 0 Å². The number of aromatic nitrogens is 2. The van der Waals surface area contributed by atoms with Crippen LogP contribution in [-0.2, 0) is 27.9 Å². The molecule has 8 nitrogen and oxygen atoms in total. The first-order chi connectivity index (χ1) is 14.3. The van der Waals surface area contributed by atoms with Crippen LogP contribution < -0.4 is 9.88 Å². The molecule has 0 radical (unpaired) electrons. The molecule has 0 saturated carbocycles. The number of imidazole rings is 1. The van der Waals surface area contributed by atoms with Crippen molar-refractivity contribution < 1.29 is 22.7 Å². The van der Waals surface area contributed by atoms with Gasteiger partial charge in [0.2, 0.25) is 10.0 Å². The van der Waals surface area contributed by atoms with Crippen LogP contribution in [0.1, 0.15) is 42.9 Å². The molecule has 160 valence electrons. The summed E-state index contributed by atoms with van der Waals surface area (Å²) >= 11 is 0. The Bertz CT molecular complexity index is 1140. The minimum atomic E-state index is -3.83. The molecule has 0 spiro atoms. The molecule has 2 aromatic carbocycles. The second kappa shape index (κ2) is 9.27. The first-order valence-corrected chi connectivity index (χ1v) is 11.3. The van der Waals surface area contributed by atoms with E-state index < -0.39 is 16.0 Å². The fraction of sp³-hybridized carbons (Fsp3) is 0.333. The minimum Gasteiger partial charge on any atom is -0.494 e. The van der Waals surface area contributed by atoms with Crippen LogP contribution >= 0.6 is 0 Å². The summed E-state index contributed by atoms with van der Waals surface area (Å²) in [4.78, 5) is 16.9. The summed E-state index contributed by atoms with van der Waals surface area (Å²) in [5, 5.41) is 5.22. The van der Waals surface area contributed by atoms with E-state index in [1.54, 1.807) is 30.3 Å². The summed E-state index contributed by atoms with van der Waals surface area (Å²) < 4.78 is 36.1. The van der Waals surface area contributed by atoms with Gasteiger partial charge in [0, 0.05) is 6.54 Å². The molecule has 0 amide bonds. The third-order valence-corrected chi connectivity index (χ3v) is 5.51. The van der Waals surface area contributed by atoms with Crippen molar-refractivity contribution in [1.82, 2.24) is 9.55 Å². The van der Waals surface area contributed by atoms with E-state index in [-0.39, 0.29) is 11.5 Å². The van der Waals surface area contributed by atoms with Crippen LogP contribution in [0.2, 0.25) is 0 Å². The predicted octanol–water partition coefficient (Wildman–Crippen LogP) is 3.24. The lowest BCUT2D eigenvalue weighted by Crippen LogP contribution is -2.12. The van der Waals surface area contributed by atoms with Crippen molar-refractivity contribution in [3.63, 3.8) is 0 Å². The Labute approximate surface area is 175 Å². The Morgan fingerprint density at radius 2 is 1.87 bits per heavy atom. The number of hydrogen-bond acceptors (Lipinski definition) is 6. The van der Waals surface area contributed by atoms with E-state index in [1.165, 1.54) is 12.1 Å². The number of fused-ring (bicyclic) bond motifs is 1. The van der Waals surface area contributed by atoms with Crippen molar-refractivity contribution in [2.45, 2.75) is 44.7 Å². The number of rotatable bonds is 9. The molecular weight excluding hydrogens is 406 g/mol. The largest absolute Gasteiger partial charge is 0.494 e. The first-order valence-electron chi connectivity index (χ1n) is 9.75. The Morgan fingerprint density at radius 1 is 1.13 bits per heavy atom. The highest BCUT2D eigenvalue weighted by Gasteiger charge is 2.16. The van der Waals surface area contributed by atoms with Gasteiger partial charge in [0.1, 0.15) is 18.2 Å². The summed E-state index contributed by atoms with van der Waals surface area (Å²) in [5.41, 5.74) is 1.67. The smallest absolute Gasteiger partial charge is 0.338 e. The molecule has 3 aromatic rings. The van der Waals surface area contributed by atoms with Gasteiger partial charge in [0.05, 0.1) is 28.1 Å². The maximum Gasteiger partial charge on any atom is 0.338 e. The number of carbonyl (C=O) groups excluding carboxylic acids is 1. The van der Waals surface area contributed by atoms with Gasteiger partial charge in [-0.15, -0.1) is 0 Å². The number of carbonyl (C=O) groups is 1.